The molecule has 1 fully saturated rings. The molecule has 1 saturated heterocycles. The van der Waals surface area contributed by atoms with Crippen LogP contribution in [0.25, 0.3) is 11.5 Å². The number of likely N-dealkylation sites (tertiary alicyclic amines) is 1. The van der Waals surface area contributed by atoms with Gasteiger partial charge in [-0.2, -0.15) is 4.98 Å². The molecule has 0 bridgehead atoms. The normalized spacial score (nSPS) is 19.3. The maximum Gasteiger partial charge on any atom is 0.257 e. The van der Waals surface area contributed by atoms with Crippen molar-refractivity contribution in [2.75, 3.05) is 13.6 Å². The summed E-state index contributed by atoms with van der Waals surface area (Å²) in [6.45, 7) is 1.26. The van der Waals surface area contributed by atoms with Gasteiger partial charge in [-0.25, -0.2) is 0 Å². The third kappa shape index (κ3) is 3.96. The zero-order valence-electron chi connectivity index (χ0n) is 13.4. The molecule has 0 saturated carbocycles. The lowest BCUT2D eigenvalue weighted by atomic mass is 10.1. The summed E-state index contributed by atoms with van der Waals surface area (Å²) in [5, 5.41) is 6.86. The zero-order chi connectivity index (χ0) is 16.1. The van der Waals surface area contributed by atoms with Crippen LogP contribution in [-0.2, 0) is 11.3 Å². The van der Waals surface area contributed by atoms with Gasteiger partial charge in [0.25, 0.3) is 5.89 Å². The summed E-state index contributed by atoms with van der Waals surface area (Å²) in [7, 11) is 2.01. The standard InChI is InChI=1S/C17H22N4O2/c1-21-11-7-3-6-10-14(21)16(22)18-12-15-19-17(23-20-15)13-8-4-2-5-9-13/h2,4-5,8-9,14H,3,6-7,10-12H2,1H3,(H,18,22). The first-order valence-corrected chi connectivity index (χ1v) is 8.10. The zero-order valence-corrected chi connectivity index (χ0v) is 13.4. The number of rotatable bonds is 4. The number of carbonyl (C=O) groups excluding carboxylic acids is 1. The van der Waals surface area contributed by atoms with E-state index in [2.05, 4.69) is 20.4 Å². The molecule has 2 aromatic rings. The van der Waals surface area contributed by atoms with E-state index in [1.54, 1.807) is 0 Å². The second kappa shape index (κ2) is 7.37. The molecule has 0 spiro atoms. The average Bonchev–Trinajstić information content (AvgIpc) is 2.95. The lowest BCUT2D eigenvalue weighted by molar-refractivity contribution is -0.126. The summed E-state index contributed by atoms with van der Waals surface area (Å²) < 4.78 is 5.25. The molecule has 6 heteroatoms. The molecule has 122 valence electrons. The Morgan fingerprint density at radius 2 is 2.13 bits per heavy atom. The Morgan fingerprint density at radius 3 is 2.96 bits per heavy atom. The summed E-state index contributed by atoms with van der Waals surface area (Å²) in [5.74, 6) is 1.01. The van der Waals surface area contributed by atoms with Gasteiger partial charge in [0.05, 0.1) is 12.6 Å². The van der Waals surface area contributed by atoms with Crippen LogP contribution in [0.4, 0.5) is 0 Å². The molecule has 1 atom stereocenters. The Bertz CT molecular complexity index is 641. The van der Waals surface area contributed by atoms with E-state index in [0.717, 1.165) is 31.4 Å². The van der Waals surface area contributed by atoms with Crippen LogP contribution < -0.4 is 5.32 Å². The highest BCUT2D eigenvalue weighted by atomic mass is 16.5. The Kier molecular flexibility index (Phi) is 5.02. The van der Waals surface area contributed by atoms with E-state index in [-0.39, 0.29) is 11.9 Å². The highest BCUT2D eigenvalue weighted by molar-refractivity contribution is 5.81. The number of nitrogens with one attached hydrogen (secondary N) is 1. The average molecular weight is 314 g/mol. The van der Waals surface area contributed by atoms with E-state index in [1.807, 2.05) is 37.4 Å². The summed E-state index contributed by atoms with van der Waals surface area (Å²) in [6.07, 6.45) is 4.36. The van der Waals surface area contributed by atoms with Crippen molar-refractivity contribution in [3.8, 4) is 11.5 Å². The molecule has 1 aliphatic rings. The monoisotopic (exact) mass is 314 g/mol. The van der Waals surface area contributed by atoms with Crippen LogP contribution in [0.1, 0.15) is 31.5 Å². The molecule has 0 radical (unpaired) electrons. The predicted octanol–water partition coefficient (Wildman–Crippen LogP) is 2.23. The molecule has 1 amide bonds. The molecule has 3 rings (SSSR count). The SMILES string of the molecule is CN1CCCCCC1C(=O)NCc1noc(-c2ccccc2)n1. The molecule has 2 heterocycles. The van der Waals surface area contributed by atoms with E-state index in [0.29, 0.717) is 18.3 Å². The number of hydrogen-bond donors (Lipinski definition) is 1. The Labute approximate surface area is 135 Å². The van der Waals surface area contributed by atoms with Gasteiger partial charge >= 0.3 is 0 Å². The Morgan fingerprint density at radius 1 is 1.30 bits per heavy atom. The molecule has 1 N–H and O–H groups in total. The van der Waals surface area contributed by atoms with Gasteiger partial charge in [-0.3, -0.25) is 9.69 Å². The molecule has 1 aromatic heterocycles. The van der Waals surface area contributed by atoms with Gasteiger partial charge in [0.2, 0.25) is 5.91 Å². The van der Waals surface area contributed by atoms with Crippen LogP contribution in [0.15, 0.2) is 34.9 Å². The summed E-state index contributed by atoms with van der Waals surface area (Å²) in [6, 6.07) is 9.54. The molecule has 1 aromatic carbocycles. The van der Waals surface area contributed by atoms with Gasteiger partial charge in [-0.1, -0.05) is 36.2 Å². The number of carbonyl (C=O) groups is 1. The highest BCUT2D eigenvalue weighted by Gasteiger charge is 2.24. The summed E-state index contributed by atoms with van der Waals surface area (Å²) >= 11 is 0. The molecular formula is C17H22N4O2. The maximum atomic E-state index is 12.4. The molecule has 1 aliphatic heterocycles. The second-order valence-corrected chi connectivity index (χ2v) is 5.95. The van der Waals surface area contributed by atoms with Gasteiger partial charge in [-0.15, -0.1) is 0 Å². The molecule has 1 unspecified atom stereocenters. The fourth-order valence-electron chi connectivity index (χ4n) is 2.89. The van der Waals surface area contributed by atoms with Gasteiger partial charge in [0.1, 0.15) is 0 Å². The van der Waals surface area contributed by atoms with Gasteiger partial charge in [0.15, 0.2) is 5.82 Å². The molecule has 6 nitrogen and oxygen atoms in total. The van der Waals surface area contributed by atoms with Crippen LogP contribution in [0, 0.1) is 0 Å². The van der Waals surface area contributed by atoms with Crippen LogP contribution in [0.3, 0.4) is 0 Å². The third-order valence-corrected chi connectivity index (χ3v) is 4.23. The largest absolute Gasteiger partial charge is 0.347 e. The highest BCUT2D eigenvalue weighted by Crippen LogP contribution is 2.17. The first-order valence-electron chi connectivity index (χ1n) is 8.10. The van der Waals surface area contributed by atoms with Crippen LogP contribution >= 0.6 is 0 Å². The maximum absolute atomic E-state index is 12.4. The Hall–Kier alpha value is -2.21. The number of likely N-dealkylation sites (N-methyl/N-ethyl adjacent to an activating group) is 1. The lowest BCUT2D eigenvalue weighted by Gasteiger charge is -2.24. The van der Waals surface area contributed by atoms with Crippen molar-refractivity contribution in [2.24, 2.45) is 0 Å². The lowest BCUT2D eigenvalue weighted by Crippen LogP contribution is -2.44. The number of benzene rings is 1. The minimum Gasteiger partial charge on any atom is -0.347 e. The van der Waals surface area contributed by atoms with E-state index < -0.39 is 0 Å². The van der Waals surface area contributed by atoms with Gasteiger partial charge in [-0.05, 0) is 38.6 Å². The van der Waals surface area contributed by atoms with Crippen molar-refractivity contribution < 1.29 is 9.32 Å². The summed E-state index contributed by atoms with van der Waals surface area (Å²) in [4.78, 5) is 18.8. The molecule has 23 heavy (non-hydrogen) atoms. The van der Waals surface area contributed by atoms with Gasteiger partial charge < -0.3 is 9.84 Å². The van der Waals surface area contributed by atoms with Gasteiger partial charge in [0, 0.05) is 5.56 Å². The topological polar surface area (TPSA) is 71.3 Å². The van der Waals surface area contributed by atoms with E-state index >= 15 is 0 Å². The fourth-order valence-corrected chi connectivity index (χ4v) is 2.89. The smallest absolute Gasteiger partial charge is 0.257 e. The number of nitrogens with zero attached hydrogens (tertiary/aromatic N) is 3. The van der Waals surface area contributed by atoms with Crippen molar-refractivity contribution in [3.63, 3.8) is 0 Å². The van der Waals surface area contributed by atoms with E-state index in [4.69, 9.17) is 4.52 Å². The van der Waals surface area contributed by atoms with Crippen LogP contribution in [-0.4, -0.2) is 40.6 Å². The van der Waals surface area contributed by atoms with E-state index in [9.17, 15) is 4.79 Å². The number of hydrogen-bond acceptors (Lipinski definition) is 5. The minimum absolute atomic E-state index is 0.0421. The first kappa shape index (κ1) is 15.7. The van der Waals surface area contributed by atoms with Crippen LogP contribution in [0.2, 0.25) is 0 Å². The van der Waals surface area contributed by atoms with E-state index in [1.165, 1.54) is 6.42 Å². The third-order valence-electron chi connectivity index (χ3n) is 4.23. The van der Waals surface area contributed by atoms with Crippen molar-refractivity contribution in [1.82, 2.24) is 20.4 Å². The quantitative estimate of drug-likeness (QED) is 0.937. The molecular weight excluding hydrogens is 292 g/mol. The second-order valence-electron chi connectivity index (χ2n) is 5.95. The first-order chi connectivity index (χ1) is 11.2. The predicted molar refractivity (Wildman–Crippen MR) is 86.5 cm³/mol. The minimum atomic E-state index is -0.0574. The molecule has 0 aliphatic carbocycles. The number of amides is 1. The van der Waals surface area contributed by atoms with Crippen molar-refractivity contribution in [2.45, 2.75) is 38.3 Å². The Balaban J connectivity index is 1.58. The van der Waals surface area contributed by atoms with Crippen molar-refractivity contribution in [3.05, 3.63) is 36.2 Å². The van der Waals surface area contributed by atoms with Crippen molar-refractivity contribution >= 4 is 5.91 Å². The van der Waals surface area contributed by atoms with Crippen LogP contribution in [0.5, 0.6) is 0 Å². The number of aromatic nitrogens is 2. The summed E-state index contributed by atoms with van der Waals surface area (Å²) in [5.41, 5.74) is 0.876. The fraction of sp³-hybridized carbons (Fsp3) is 0.471. The van der Waals surface area contributed by atoms with Crippen molar-refractivity contribution in [1.29, 1.82) is 0 Å².